The summed E-state index contributed by atoms with van der Waals surface area (Å²) in [5.41, 5.74) is 0. The van der Waals surface area contributed by atoms with Crippen molar-refractivity contribution in [2.45, 2.75) is 96.8 Å². The van der Waals surface area contributed by atoms with Gasteiger partial charge < -0.3 is 0 Å². The first-order chi connectivity index (χ1) is 10.1. The molecule has 22 heavy (non-hydrogen) atoms. The first kappa shape index (κ1) is 24.6. The second-order valence-corrected chi connectivity index (χ2v) is 6.94. The predicted octanol–water partition coefficient (Wildman–Crippen LogP) is 5.28. The summed E-state index contributed by atoms with van der Waals surface area (Å²) in [4.78, 5) is 0. The molecule has 0 aromatic carbocycles. The Morgan fingerprint density at radius 3 is 1.32 bits per heavy atom. The molecule has 4 nitrogen and oxygen atoms in total. The van der Waals surface area contributed by atoms with Crippen LogP contribution in [0.1, 0.15) is 96.8 Å². The molecule has 0 aromatic rings. The molecule has 0 heterocycles. The summed E-state index contributed by atoms with van der Waals surface area (Å²) in [5.74, 6) is 0. The quantitative estimate of drug-likeness (QED) is 0.225. The molecule has 0 saturated carbocycles. The zero-order chi connectivity index (χ0) is 15.8. The largest absolute Gasteiger partial charge is 0.397 e. The van der Waals surface area contributed by atoms with Crippen molar-refractivity contribution in [2.75, 3.05) is 6.61 Å². The van der Waals surface area contributed by atoms with E-state index in [1.165, 1.54) is 70.6 Å². The molecule has 0 saturated heterocycles. The van der Waals surface area contributed by atoms with Crippen molar-refractivity contribution < 1.29 is 34.2 Å². The van der Waals surface area contributed by atoms with Crippen LogP contribution in [0.2, 0.25) is 0 Å². The molecule has 0 aliphatic rings. The van der Waals surface area contributed by atoms with Gasteiger partial charge in [0.25, 0.3) is 0 Å². The maximum absolute atomic E-state index is 10.3. The molecule has 0 aliphatic heterocycles. The number of unbranched alkanes of at least 4 members (excludes halogenated alkanes) is 13. The molecular weight excluding hydrogens is 344 g/mol. The molecule has 0 rings (SSSR count). The van der Waals surface area contributed by atoms with Crippen molar-refractivity contribution in [3.8, 4) is 0 Å². The average molecular weight is 378 g/mol. The zero-order valence-corrected chi connectivity index (χ0v) is 16.0. The molecule has 6 heteroatoms. The van der Waals surface area contributed by atoms with E-state index in [-0.39, 0.29) is 23.7 Å². The molecule has 0 fully saturated rings. The van der Waals surface area contributed by atoms with Gasteiger partial charge in [0.05, 0.1) is 6.61 Å². The third kappa shape index (κ3) is 22.7. The topological polar surface area (TPSA) is 63.6 Å². The molecule has 0 atom stereocenters. The van der Waals surface area contributed by atoms with E-state index in [1.807, 2.05) is 0 Å². The van der Waals surface area contributed by atoms with Crippen LogP contribution in [0.3, 0.4) is 0 Å². The Morgan fingerprint density at radius 2 is 1.00 bits per heavy atom. The van der Waals surface area contributed by atoms with Gasteiger partial charge in [-0.05, 0) is 6.42 Å². The van der Waals surface area contributed by atoms with Gasteiger partial charge in [-0.3, -0.25) is 4.55 Å². The predicted molar refractivity (Wildman–Crippen MR) is 87.8 cm³/mol. The third-order valence-electron chi connectivity index (χ3n) is 3.73. The Kier molecular flexibility index (Phi) is 19.9. The fourth-order valence-electron chi connectivity index (χ4n) is 2.46. The van der Waals surface area contributed by atoms with Crippen LogP contribution >= 0.6 is 0 Å². The Bertz CT molecular complexity index is 307. The standard InChI is InChI=1S/C16H34O4S.Fe/c1-2-3-4-5-6-7-8-9-10-11-12-13-14-15-16-20-21(17,18)19;/h2-16H2,1H3,(H,17,18,19);. The van der Waals surface area contributed by atoms with Crippen molar-refractivity contribution in [3.63, 3.8) is 0 Å². The molecule has 0 aromatic heterocycles. The normalized spacial score (nSPS) is 11.4. The number of rotatable bonds is 16. The second kappa shape index (κ2) is 17.7. The van der Waals surface area contributed by atoms with E-state index < -0.39 is 10.4 Å². The van der Waals surface area contributed by atoms with E-state index >= 15 is 0 Å². The van der Waals surface area contributed by atoms with E-state index in [1.54, 1.807) is 0 Å². The summed E-state index contributed by atoms with van der Waals surface area (Å²) in [6.45, 7) is 2.35. The van der Waals surface area contributed by atoms with Crippen LogP contribution in [-0.4, -0.2) is 19.6 Å². The maximum Gasteiger partial charge on any atom is 0.397 e. The molecule has 0 spiro atoms. The summed E-state index contributed by atoms with van der Waals surface area (Å²) in [6.07, 6.45) is 17.6. The van der Waals surface area contributed by atoms with Gasteiger partial charge in [0.15, 0.2) is 0 Å². The Morgan fingerprint density at radius 1 is 0.682 bits per heavy atom. The van der Waals surface area contributed by atoms with E-state index in [2.05, 4.69) is 11.1 Å². The van der Waals surface area contributed by atoms with E-state index in [0.717, 1.165) is 12.8 Å². The minimum absolute atomic E-state index is 0. The minimum atomic E-state index is -4.24. The van der Waals surface area contributed by atoms with Crippen LogP contribution in [0.25, 0.3) is 0 Å². The fraction of sp³-hybridized carbons (Fsp3) is 1.00. The summed E-state index contributed by atoms with van der Waals surface area (Å²) in [7, 11) is -4.24. The summed E-state index contributed by atoms with van der Waals surface area (Å²) in [5, 5.41) is 0. The zero-order valence-electron chi connectivity index (χ0n) is 14.0. The Balaban J connectivity index is 0. The Hall–Kier alpha value is 0.389. The monoisotopic (exact) mass is 378 g/mol. The minimum Gasteiger partial charge on any atom is -0.264 e. The van der Waals surface area contributed by atoms with Crippen LogP contribution in [-0.2, 0) is 31.7 Å². The van der Waals surface area contributed by atoms with Gasteiger partial charge in [-0.25, -0.2) is 4.18 Å². The van der Waals surface area contributed by atoms with Gasteiger partial charge in [0.2, 0.25) is 0 Å². The van der Waals surface area contributed by atoms with Crippen LogP contribution in [0.5, 0.6) is 0 Å². The van der Waals surface area contributed by atoms with Crippen molar-refractivity contribution >= 4 is 10.4 Å². The molecule has 0 amide bonds. The van der Waals surface area contributed by atoms with E-state index in [4.69, 9.17) is 4.55 Å². The molecule has 136 valence electrons. The van der Waals surface area contributed by atoms with E-state index in [9.17, 15) is 8.42 Å². The average Bonchev–Trinajstić information content (AvgIpc) is 2.42. The molecule has 0 bridgehead atoms. The van der Waals surface area contributed by atoms with Crippen LogP contribution in [0.15, 0.2) is 0 Å². The van der Waals surface area contributed by atoms with Crippen molar-refractivity contribution in [1.29, 1.82) is 0 Å². The third-order valence-corrected chi connectivity index (χ3v) is 4.19. The Labute approximate surface area is 148 Å². The van der Waals surface area contributed by atoms with Crippen molar-refractivity contribution in [2.24, 2.45) is 0 Å². The fourth-order valence-corrected chi connectivity index (χ4v) is 2.79. The molecule has 0 unspecified atom stereocenters. The van der Waals surface area contributed by atoms with Gasteiger partial charge in [0, 0.05) is 17.1 Å². The smallest absolute Gasteiger partial charge is 0.264 e. The van der Waals surface area contributed by atoms with Crippen LogP contribution < -0.4 is 0 Å². The summed E-state index contributed by atoms with van der Waals surface area (Å²) in [6, 6.07) is 0. The molecule has 0 aliphatic carbocycles. The summed E-state index contributed by atoms with van der Waals surface area (Å²) < 4.78 is 33.2. The van der Waals surface area contributed by atoms with Gasteiger partial charge in [-0.2, -0.15) is 8.42 Å². The SMILES string of the molecule is CCCCCCCCCCCCCCCCOS(=O)(=O)O.[Fe]. The van der Waals surface area contributed by atoms with Gasteiger partial charge in [0.1, 0.15) is 0 Å². The van der Waals surface area contributed by atoms with Crippen LogP contribution in [0, 0.1) is 0 Å². The van der Waals surface area contributed by atoms with Gasteiger partial charge in [-0.1, -0.05) is 90.4 Å². The van der Waals surface area contributed by atoms with Crippen molar-refractivity contribution in [1.82, 2.24) is 0 Å². The van der Waals surface area contributed by atoms with Crippen LogP contribution in [0.4, 0.5) is 0 Å². The molecule has 1 N–H and O–H groups in total. The summed E-state index contributed by atoms with van der Waals surface area (Å²) >= 11 is 0. The van der Waals surface area contributed by atoms with Gasteiger partial charge >= 0.3 is 10.4 Å². The molecule has 0 radical (unpaired) electrons. The first-order valence-electron chi connectivity index (χ1n) is 8.68. The number of hydrogen-bond acceptors (Lipinski definition) is 3. The second-order valence-electron chi connectivity index (χ2n) is 5.85. The molecular formula is C16H34FeO4S. The maximum atomic E-state index is 10.3. The number of hydrogen-bond donors (Lipinski definition) is 1. The van der Waals surface area contributed by atoms with E-state index in [0.29, 0.717) is 6.42 Å². The first-order valence-corrected chi connectivity index (χ1v) is 10.0. The van der Waals surface area contributed by atoms with Gasteiger partial charge in [-0.15, -0.1) is 0 Å². The van der Waals surface area contributed by atoms with Crippen molar-refractivity contribution in [3.05, 3.63) is 0 Å².